The van der Waals surface area contributed by atoms with Crippen molar-refractivity contribution in [3.8, 4) is 23.1 Å². The third-order valence-corrected chi connectivity index (χ3v) is 10.3. The van der Waals surface area contributed by atoms with E-state index in [0.29, 0.717) is 58.9 Å². The number of imidazole rings is 1. The Kier molecular flexibility index (Phi) is 7.96. The van der Waals surface area contributed by atoms with Crippen LogP contribution in [-0.2, 0) is 17.6 Å². The molecular weight excluding hydrogens is 591 g/mol. The number of fused-ring (bicyclic) bond motifs is 4. The Balaban J connectivity index is 1.38. The van der Waals surface area contributed by atoms with Crippen LogP contribution in [-0.4, -0.2) is 69.1 Å². The highest BCUT2D eigenvalue weighted by atomic mass is 35.5. The lowest BCUT2D eigenvalue weighted by molar-refractivity contribution is -0.130. The van der Waals surface area contributed by atoms with Gasteiger partial charge in [-0.15, -0.1) is 0 Å². The molecule has 2 aromatic carbocycles. The van der Waals surface area contributed by atoms with E-state index in [4.69, 9.17) is 26.3 Å². The molecule has 3 unspecified atom stereocenters. The molecule has 45 heavy (non-hydrogen) atoms. The number of carbonyl (C=O) groups is 1. The number of nitrogens with zero attached hydrogens (tertiary/aromatic N) is 6. The van der Waals surface area contributed by atoms with E-state index < -0.39 is 5.82 Å². The molecule has 0 saturated carbocycles. The van der Waals surface area contributed by atoms with Gasteiger partial charge in [0.25, 0.3) is 0 Å². The van der Waals surface area contributed by atoms with Crippen LogP contribution in [0.2, 0.25) is 5.02 Å². The second kappa shape index (κ2) is 12.1. The Labute approximate surface area is 267 Å². The number of amides is 1. The Hall–Kier alpha value is -4.00. The quantitative estimate of drug-likeness (QED) is 0.214. The fourth-order valence-electron chi connectivity index (χ4n) is 7.67. The van der Waals surface area contributed by atoms with Gasteiger partial charge >= 0.3 is 0 Å². The van der Waals surface area contributed by atoms with E-state index in [1.165, 1.54) is 11.6 Å². The van der Waals surface area contributed by atoms with Gasteiger partial charge < -0.3 is 19.1 Å². The van der Waals surface area contributed by atoms with E-state index in [-0.39, 0.29) is 36.0 Å². The summed E-state index contributed by atoms with van der Waals surface area (Å²) in [7, 11) is 2.09. The minimum Gasteiger partial charge on any atom is -0.474 e. The molecule has 2 saturated heterocycles. The lowest BCUT2D eigenvalue weighted by atomic mass is 9.94. The maximum atomic E-state index is 16.9. The van der Waals surface area contributed by atoms with Crippen LogP contribution in [0.4, 0.5) is 4.39 Å². The Morgan fingerprint density at radius 3 is 2.87 bits per heavy atom. The van der Waals surface area contributed by atoms with Crippen molar-refractivity contribution in [2.45, 2.75) is 69.5 Å². The first-order valence-electron chi connectivity index (χ1n) is 15.8. The van der Waals surface area contributed by atoms with Gasteiger partial charge in [0.05, 0.1) is 29.4 Å². The zero-order chi connectivity index (χ0) is 31.2. The van der Waals surface area contributed by atoms with Gasteiger partial charge in [0.1, 0.15) is 12.1 Å². The molecule has 4 heterocycles. The highest BCUT2D eigenvalue weighted by molar-refractivity contribution is 6.34. The van der Waals surface area contributed by atoms with Crippen LogP contribution in [0.25, 0.3) is 33.1 Å². The second-order valence-corrected chi connectivity index (χ2v) is 12.9. The first-order valence-corrected chi connectivity index (χ1v) is 16.2. The summed E-state index contributed by atoms with van der Waals surface area (Å²) in [6, 6.07) is 9.97. The summed E-state index contributed by atoms with van der Waals surface area (Å²) in [5.41, 5.74) is 5.02. The van der Waals surface area contributed by atoms with Crippen molar-refractivity contribution in [3.63, 3.8) is 0 Å². The molecule has 232 valence electrons. The van der Waals surface area contributed by atoms with E-state index in [2.05, 4.69) is 30.7 Å². The number of rotatable bonds is 7. The summed E-state index contributed by atoms with van der Waals surface area (Å²) < 4.78 is 25.3. The van der Waals surface area contributed by atoms with Crippen molar-refractivity contribution in [3.05, 3.63) is 65.2 Å². The number of piperidine rings is 1. The molecule has 2 fully saturated rings. The maximum Gasteiger partial charge on any atom is 0.246 e. The lowest BCUT2D eigenvalue weighted by Crippen LogP contribution is -2.45. The number of aryl methyl sites for hydroxylation is 1. The number of likely N-dealkylation sites (tertiary alicyclic amines) is 2. The number of likely N-dealkylation sites (N-methyl/N-ethyl adjacent to an activating group) is 1. The minimum atomic E-state index is -0.468. The second-order valence-electron chi connectivity index (χ2n) is 12.5. The Bertz CT molecular complexity index is 1860. The molecule has 2 aromatic heterocycles. The average molecular weight is 627 g/mol. The number of nitriles is 1. The molecule has 7 rings (SSSR count). The zero-order valence-corrected chi connectivity index (χ0v) is 26.2. The fraction of sp³-hybridized carbons (Fsp3) is 0.429. The Morgan fingerprint density at radius 1 is 1.22 bits per heavy atom. The molecule has 0 N–H and O–H groups in total. The summed E-state index contributed by atoms with van der Waals surface area (Å²) in [5.74, 6) is -0.348. The number of carbonyl (C=O) groups excluding carboxylic acids is 1. The third kappa shape index (κ3) is 5.14. The fourth-order valence-corrected chi connectivity index (χ4v) is 7.96. The number of benzene rings is 2. The largest absolute Gasteiger partial charge is 0.474 e. The van der Waals surface area contributed by atoms with E-state index in [9.17, 15) is 10.1 Å². The van der Waals surface area contributed by atoms with Crippen LogP contribution in [0.5, 0.6) is 5.88 Å². The van der Waals surface area contributed by atoms with Gasteiger partial charge in [-0.3, -0.25) is 4.79 Å². The van der Waals surface area contributed by atoms with E-state index in [0.717, 1.165) is 49.8 Å². The molecular formula is C35H36ClFN6O2. The highest BCUT2D eigenvalue weighted by Crippen LogP contribution is 2.43. The maximum absolute atomic E-state index is 16.9. The number of pyridine rings is 1. The lowest BCUT2D eigenvalue weighted by Gasteiger charge is -2.38. The van der Waals surface area contributed by atoms with Crippen LogP contribution in [0.3, 0.4) is 0 Å². The van der Waals surface area contributed by atoms with Crippen LogP contribution in [0, 0.1) is 17.1 Å². The van der Waals surface area contributed by atoms with E-state index >= 15 is 4.39 Å². The summed E-state index contributed by atoms with van der Waals surface area (Å²) in [6.07, 6.45) is 9.49. The molecule has 4 aromatic rings. The van der Waals surface area contributed by atoms with Crippen LogP contribution >= 0.6 is 11.6 Å². The van der Waals surface area contributed by atoms with Gasteiger partial charge in [0.15, 0.2) is 11.3 Å². The molecule has 2 aliphatic heterocycles. The number of aromatic nitrogens is 3. The van der Waals surface area contributed by atoms with Gasteiger partial charge in [-0.25, -0.2) is 14.4 Å². The summed E-state index contributed by atoms with van der Waals surface area (Å²) in [4.78, 5) is 26.1. The first-order chi connectivity index (χ1) is 21.9. The standard InChI is InChI=1S/C35H36ClFN6O2/c1-3-29(44)42-16-13-23(17-22(42)12-14-38)43-20-39-33-34(43)27-18-28(36)30(26-11-5-8-21-7-4-10-25(21)26)31(37)32(27)40-35(33)45-19-24-9-6-15-41(24)2/h3,5,8,11,18,20,22-24H,1,4,6-7,9-10,12-13,15-17,19H2,2H3. The summed E-state index contributed by atoms with van der Waals surface area (Å²) in [5, 5.41) is 10.4. The van der Waals surface area contributed by atoms with Crippen molar-refractivity contribution < 1.29 is 13.9 Å². The van der Waals surface area contributed by atoms with Crippen LogP contribution in [0.1, 0.15) is 55.7 Å². The molecule has 10 heteroatoms. The number of hydrogen-bond acceptors (Lipinski definition) is 6. The van der Waals surface area contributed by atoms with Gasteiger partial charge in [-0.05, 0) is 87.4 Å². The van der Waals surface area contributed by atoms with Crippen molar-refractivity contribution in [1.82, 2.24) is 24.3 Å². The molecule has 8 nitrogen and oxygen atoms in total. The third-order valence-electron chi connectivity index (χ3n) is 10.0. The molecule has 3 aliphatic rings. The van der Waals surface area contributed by atoms with Gasteiger partial charge in [-0.2, -0.15) is 5.26 Å². The van der Waals surface area contributed by atoms with Crippen molar-refractivity contribution in [2.75, 3.05) is 26.7 Å². The molecule has 1 aliphatic carbocycles. The van der Waals surface area contributed by atoms with Crippen molar-refractivity contribution >= 4 is 39.4 Å². The predicted molar refractivity (Wildman–Crippen MR) is 173 cm³/mol. The molecule has 0 bridgehead atoms. The van der Waals surface area contributed by atoms with Gasteiger partial charge in [0, 0.05) is 35.6 Å². The minimum absolute atomic E-state index is 0.0828. The first kappa shape index (κ1) is 29.7. The molecule has 3 atom stereocenters. The van der Waals surface area contributed by atoms with E-state index in [1.807, 2.05) is 22.8 Å². The van der Waals surface area contributed by atoms with Crippen molar-refractivity contribution in [2.24, 2.45) is 0 Å². The van der Waals surface area contributed by atoms with Crippen LogP contribution < -0.4 is 4.74 Å². The zero-order valence-electron chi connectivity index (χ0n) is 25.4. The molecule has 0 radical (unpaired) electrons. The summed E-state index contributed by atoms with van der Waals surface area (Å²) >= 11 is 6.96. The predicted octanol–water partition coefficient (Wildman–Crippen LogP) is 6.64. The number of hydrogen-bond donors (Lipinski definition) is 0. The van der Waals surface area contributed by atoms with Crippen LogP contribution in [0.15, 0.2) is 43.2 Å². The normalized spacial score (nSPS) is 21.7. The van der Waals surface area contributed by atoms with E-state index in [1.54, 1.807) is 11.2 Å². The number of ether oxygens (including phenoxy) is 1. The SMILES string of the molecule is C=CC(=O)N1CCC(n2cnc3c(OCC4CCCN4C)nc4c(F)c(-c5cccc6c5CCC6)c(Cl)cc4c32)CC1CC#N. The smallest absolute Gasteiger partial charge is 0.246 e. The monoisotopic (exact) mass is 626 g/mol. The summed E-state index contributed by atoms with van der Waals surface area (Å²) in [6.45, 7) is 5.55. The Morgan fingerprint density at radius 2 is 2.09 bits per heavy atom. The molecule has 0 spiro atoms. The highest BCUT2D eigenvalue weighted by Gasteiger charge is 2.34. The van der Waals surface area contributed by atoms with Gasteiger partial charge in [-0.1, -0.05) is 36.4 Å². The molecule has 1 amide bonds. The topological polar surface area (TPSA) is 87.3 Å². The average Bonchev–Trinajstić information content (AvgIpc) is 3.80. The van der Waals surface area contributed by atoms with Gasteiger partial charge in [0.2, 0.25) is 11.8 Å². The van der Waals surface area contributed by atoms with Crippen molar-refractivity contribution in [1.29, 1.82) is 5.26 Å². The number of halogens is 2.